The van der Waals surface area contributed by atoms with Crippen molar-refractivity contribution in [2.45, 2.75) is 59.5 Å². The molecule has 2 N–H and O–H groups in total. The predicted molar refractivity (Wildman–Crippen MR) is 87.1 cm³/mol. The Morgan fingerprint density at radius 3 is 2.05 bits per heavy atom. The van der Waals surface area contributed by atoms with Gasteiger partial charge in [0.2, 0.25) is 0 Å². The number of hydrogen-bond acceptors (Lipinski definition) is 5. The van der Waals surface area contributed by atoms with E-state index in [1.807, 2.05) is 33.8 Å². The Kier molecular flexibility index (Phi) is 4.87. The van der Waals surface area contributed by atoms with Gasteiger partial charge in [-0.25, -0.2) is 9.78 Å². The molecule has 1 heterocycles. The van der Waals surface area contributed by atoms with Gasteiger partial charge < -0.3 is 15.4 Å². The molecule has 0 saturated carbocycles. The molecule has 0 amide bonds. The Morgan fingerprint density at radius 1 is 1.10 bits per heavy atom. The van der Waals surface area contributed by atoms with Crippen LogP contribution < -0.4 is 10.6 Å². The number of nitrogens with zero attached hydrogens (tertiary/aromatic N) is 1. The summed E-state index contributed by atoms with van der Waals surface area (Å²) in [6.07, 6.45) is 0. The van der Waals surface area contributed by atoms with E-state index in [1.54, 1.807) is 0 Å². The van der Waals surface area contributed by atoms with Crippen LogP contribution in [0.1, 0.15) is 57.5 Å². The molecule has 0 aliphatic carbocycles. The molecule has 0 spiro atoms. The molecule has 0 fully saturated rings. The van der Waals surface area contributed by atoms with E-state index < -0.39 is 0 Å². The number of aryl methyl sites for hydroxylation is 1. The lowest BCUT2D eigenvalue weighted by Gasteiger charge is -2.26. The molecule has 0 aliphatic heterocycles. The van der Waals surface area contributed by atoms with Crippen LogP contribution in [-0.4, -0.2) is 29.1 Å². The average Bonchev–Trinajstić information content (AvgIpc) is 2.22. The summed E-state index contributed by atoms with van der Waals surface area (Å²) in [4.78, 5) is 16.6. The van der Waals surface area contributed by atoms with Gasteiger partial charge in [-0.1, -0.05) is 0 Å². The zero-order chi connectivity index (χ0) is 16.4. The number of carbonyl (C=O) groups excluding carboxylic acids is 1. The van der Waals surface area contributed by atoms with Gasteiger partial charge in [-0.2, -0.15) is 0 Å². The van der Waals surface area contributed by atoms with Crippen LogP contribution >= 0.6 is 0 Å². The predicted octanol–water partition coefficient (Wildman–Crippen LogP) is 3.60. The van der Waals surface area contributed by atoms with E-state index in [0.29, 0.717) is 11.4 Å². The monoisotopic (exact) mass is 293 g/mol. The van der Waals surface area contributed by atoms with Gasteiger partial charge in [0.25, 0.3) is 0 Å². The number of carbonyl (C=O) groups is 1. The summed E-state index contributed by atoms with van der Waals surface area (Å²) >= 11 is 0. The molecule has 0 aliphatic rings. The highest BCUT2D eigenvalue weighted by Crippen LogP contribution is 2.26. The van der Waals surface area contributed by atoms with Crippen molar-refractivity contribution in [3.8, 4) is 0 Å². The number of pyridine rings is 1. The van der Waals surface area contributed by atoms with Crippen LogP contribution in [0.4, 0.5) is 11.6 Å². The third-order valence-electron chi connectivity index (χ3n) is 2.60. The Labute approximate surface area is 127 Å². The van der Waals surface area contributed by atoms with Crippen LogP contribution in [-0.2, 0) is 4.74 Å². The Hall–Kier alpha value is -1.78. The minimum absolute atomic E-state index is 0.106. The van der Waals surface area contributed by atoms with Gasteiger partial charge in [0.05, 0.1) is 7.11 Å². The van der Waals surface area contributed by atoms with Gasteiger partial charge in [0.1, 0.15) is 17.2 Å². The molecule has 0 bridgehead atoms. The van der Waals surface area contributed by atoms with Crippen LogP contribution in [0.15, 0.2) is 6.07 Å². The molecule has 0 unspecified atom stereocenters. The maximum atomic E-state index is 12.0. The fourth-order valence-corrected chi connectivity index (χ4v) is 1.93. The van der Waals surface area contributed by atoms with Crippen LogP contribution in [0.5, 0.6) is 0 Å². The normalized spacial score (nSPS) is 12.0. The van der Waals surface area contributed by atoms with E-state index >= 15 is 0 Å². The topological polar surface area (TPSA) is 63.2 Å². The van der Waals surface area contributed by atoms with Crippen molar-refractivity contribution in [1.82, 2.24) is 4.98 Å². The van der Waals surface area contributed by atoms with Crippen LogP contribution in [0.3, 0.4) is 0 Å². The number of esters is 1. The lowest BCUT2D eigenvalue weighted by Crippen LogP contribution is -2.30. The first-order valence-corrected chi connectivity index (χ1v) is 7.09. The van der Waals surface area contributed by atoms with E-state index in [0.717, 1.165) is 11.4 Å². The van der Waals surface area contributed by atoms with E-state index in [9.17, 15) is 4.79 Å². The van der Waals surface area contributed by atoms with Gasteiger partial charge >= 0.3 is 5.97 Å². The number of hydrogen-bond donors (Lipinski definition) is 2. The number of nitrogens with one attached hydrogen (secondary N) is 2. The smallest absolute Gasteiger partial charge is 0.341 e. The molecule has 5 nitrogen and oxygen atoms in total. The van der Waals surface area contributed by atoms with E-state index in [2.05, 4.69) is 36.4 Å². The zero-order valence-corrected chi connectivity index (χ0v) is 14.3. The molecule has 1 aromatic rings. The lowest BCUT2D eigenvalue weighted by molar-refractivity contribution is 0.0600. The third kappa shape index (κ3) is 5.25. The maximum absolute atomic E-state index is 12.0. The molecule has 1 rings (SSSR count). The Balaban J connectivity index is 3.35. The first kappa shape index (κ1) is 17.3. The average molecular weight is 293 g/mol. The second-order valence-electron chi connectivity index (χ2n) is 7.29. The fraction of sp³-hybridized carbons (Fsp3) is 0.625. The third-order valence-corrected chi connectivity index (χ3v) is 2.60. The molecular formula is C16H27N3O2. The van der Waals surface area contributed by atoms with Gasteiger partial charge in [0, 0.05) is 11.1 Å². The molecule has 0 radical (unpaired) electrons. The highest BCUT2D eigenvalue weighted by atomic mass is 16.5. The van der Waals surface area contributed by atoms with Crippen molar-refractivity contribution in [3.05, 3.63) is 17.2 Å². The SMILES string of the molecule is COC(=O)c1c(C)cc(NC(C)(C)C)nc1NC(C)(C)C. The maximum Gasteiger partial charge on any atom is 0.341 e. The van der Waals surface area contributed by atoms with Crippen molar-refractivity contribution in [2.75, 3.05) is 17.7 Å². The summed E-state index contributed by atoms with van der Waals surface area (Å²) in [6.45, 7) is 14.1. The van der Waals surface area contributed by atoms with Crippen LogP contribution in [0, 0.1) is 6.92 Å². The van der Waals surface area contributed by atoms with Crippen molar-refractivity contribution < 1.29 is 9.53 Å². The second-order valence-corrected chi connectivity index (χ2v) is 7.29. The van der Waals surface area contributed by atoms with E-state index in [1.165, 1.54) is 7.11 Å². The standard InChI is InChI=1S/C16H27N3O2/c1-10-9-11(18-15(2,3)4)17-13(19-16(5,6)7)12(10)14(20)21-8/h9H,1-8H3,(H2,17,18,19). The highest BCUT2D eigenvalue weighted by Gasteiger charge is 2.22. The van der Waals surface area contributed by atoms with Gasteiger partial charge in [-0.15, -0.1) is 0 Å². The number of aromatic nitrogens is 1. The summed E-state index contributed by atoms with van der Waals surface area (Å²) in [5.41, 5.74) is 0.996. The number of rotatable bonds is 3. The summed E-state index contributed by atoms with van der Waals surface area (Å²) in [5.74, 6) is 0.898. The quantitative estimate of drug-likeness (QED) is 0.834. The minimum Gasteiger partial charge on any atom is -0.465 e. The number of anilines is 2. The first-order chi connectivity index (χ1) is 9.43. The Morgan fingerprint density at radius 2 is 1.62 bits per heavy atom. The molecule has 118 valence electrons. The van der Waals surface area contributed by atoms with Crippen molar-refractivity contribution in [1.29, 1.82) is 0 Å². The van der Waals surface area contributed by atoms with Crippen LogP contribution in [0.2, 0.25) is 0 Å². The van der Waals surface area contributed by atoms with E-state index in [-0.39, 0.29) is 17.0 Å². The fourth-order valence-electron chi connectivity index (χ4n) is 1.93. The summed E-state index contributed by atoms with van der Waals surface area (Å²) < 4.78 is 4.87. The van der Waals surface area contributed by atoms with Crippen molar-refractivity contribution >= 4 is 17.6 Å². The second kappa shape index (κ2) is 5.92. The Bertz CT molecular complexity index is 526. The molecule has 0 saturated heterocycles. The summed E-state index contributed by atoms with van der Waals surface area (Å²) in [6, 6.07) is 1.87. The number of ether oxygens (including phenoxy) is 1. The lowest BCUT2D eigenvalue weighted by atomic mass is 10.1. The molecule has 0 aromatic carbocycles. The van der Waals surface area contributed by atoms with Gasteiger partial charge in [-0.05, 0) is 60.1 Å². The van der Waals surface area contributed by atoms with Gasteiger partial charge in [-0.3, -0.25) is 0 Å². The molecule has 0 atom stereocenters. The summed E-state index contributed by atoms with van der Waals surface area (Å²) in [7, 11) is 1.38. The number of methoxy groups -OCH3 is 1. The van der Waals surface area contributed by atoms with Gasteiger partial charge in [0.15, 0.2) is 0 Å². The van der Waals surface area contributed by atoms with E-state index in [4.69, 9.17) is 4.74 Å². The first-order valence-electron chi connectivity index (χ1n) is 7.09. The zero-order valence-electron chi connectivity index (χ0n) is 14.3. The van der Waals surface area contributed by atoms with Crippen molar-refractivity contribution in [2.24, 2.45) is 0 Å². The molecule has 21 heavy (non-hydrogen) atoms. The molecular weight excluding hydrogens is 266 g/mol. The minimum atomic E-state index is -0.381. The highest BCUT2D eigenvalue weighted by molar-refractivity contribution is 5.96. The van der Waals surface area contributed by atoms with Crippen molar-refractivity contribution in [3.63, 3.8) is 0 Å². The van der Waals surface area contributed by atoms with Crippen LogP contribution in [0.25, 0.3) is 0 Å². The summed E-state index contributed by atoms with van der Waals surface area (Å²) in [5, 5.41) is 6.61. The molecule has 1 aromatic heterocycles. The molecule has 5 heteroatoms. The largest absolute Gasteiger partial charge is 0.465 e.